The number of likely N-dealkylation sites (tertiary alicyclic amines) is 1. The SMILES string of the molecule is COc1c(C)cnc(CN2C(=O)/C(=C\c3[nH]c(C)c(C(=O)NCCN4CCC(C(=O)OC(C)(C)C)CC4)c3C)c3c(Cl)nc(N)nc32)c1C. The summed E-state index contributed by atoms with van der Waals surface area (Å²) in [6.45, 7) is 15.8. The number of halogens is 1. The molecule has 14 heteroatoms. The van der Waals surface area contributed by atoms with Crippen LogP contribution in [0.2, 0.25) is 5.15 Å². The van der Waals surface area contributed by atoms with Gasteiger partial charge in [-0.25, -0.2) is 4.98 Å². The number of aromatic nitrogens is 4. The molecule has 0 atom stereocenters. The fourth-order valence-corrected chi connectivity index (χ4v) is 6.74. The number of nitrogens with zero attached hydrogens (tertiary/aromatic N) is 5. The molecule has 2 aliphatic rings. The largest absolute Gasteiger partial charge is 0.496 e. The fraction of sp³-hybridized carbons (Fsp3) is 0.486. The Hall–Kier alpha value is -4.49. The molecule has 2 aliphatic heterocycles. The number of fused-ring (bicyclic) bond motifs is 1. The normalized spacial score (nSPS) is 16.3. The van der Waals surface area contributed by atoms with Crippen molar-refractivity contribution in [1.82, 2.24) is 30.2 Å². The molecule has 5 heterocycles. The first kappa shape index (κ1) is 35.8. The van der Waals surface area contributed by atoms with Gasteiger partial charge in [-0.2, -0.15) is 4.98 Å². The molecule has 1 fully saturated rings. The van der Waals surface area contributed by atoms with E-state index in [1.165, 1.54) is 4.90 Å². The van der Waals surface area contributed by atoms with E-state index in [0.29, 0.717) is 52.6 Å². The number of ether oxygens (including phenoxy) is 2. The van der Waals surface area contributed by atoms with E-state index in [0.717, 1.165) is 37.1 Å². The summed E-state index contributed by atoms with van der Waals surface area (Å²) in [5.41, 5.74) is 10.8. The summed E-state index contributed by atoms with van der Waals surface area (Å²) >= 11 is 6.58. The van der Waals surface area contributed by atoms with Crippen molar-refractivity contribution < 1.29 is 23.9 Å². The van der Waals surface area contributed by atoms with E-state index in [1.807, 2.05) is 48.5 Å². The predicted molar refractivity (Wildman–Crippen MR) is 188 cm³/mol. The van der Waals surface area contributed by atoms with Crippen molar-refractivity contribution in [3.05, 3.63) is 56.2 Å². The molecule has 262 valence electrons. The summed E-state index contributed by atoms with van der Waals surface area (Å²) < 4.78 is 11.1. The van der Waals surface area contributed by atoms with Crippen LogP contribution in [0.25, 0.3) is 11.6 Å². The lowest BCUT2D eigenvalue weighted by molar-refractivity contribution is -0.161. The van der Waals surface area contributed by atoms with Gasteiger partial charge in [0, 0.05) is 41.8 Å². The Bertz CT molecular complexity index is 1820. The second kappa shape index (κ2) is 14.2. The number of esters is 1. The number of pyridine rings is 1. The van der Waals surface area contributed by atoms with Gasteiger partial charge >= 0.3 is 5.97 Å². The van der Waals surface area contributed by atoms with Gasteiger partial charge in [0.05, 0.1) is 42.0 Å². The first-order valence-corrected chi connectivity index (χ1v) is 16.8. The zero-order valence-electron chi connectivity index (χ0n) is 29.4. The van der Waals surface area contributed by atoms with Crippen LogP contribution in [0.15, 0.2) is 6.20 Å². The summed E-state index contributed by atoms with van der Waals surface area (Å²) in [6, 6.07) is 0. The van der Waals surface area contributed by atoms with Crippen LogP contribution in [0.3, 0.4) is 0 Å². The van der Waals surface area contributed by atoms with Crippen LogP contribution in [0.4, 0.5) is 11.8 Å². The molecule has 13 nitrogen and oxygen atoms in total. The van der Waals surface area contributed by atoms with Gasteiger partial charge in [0.2, 0.25) is 5.95 Å². The lowest BCUT2D eigenvalue weighted by atomic mass is 9.96. The van der Waals surface area contributed by atoms with E-state index >= 15 is 0 Å². The van der Waals surface area contributed by atoms with Gasteiger partial charge < -0.3 is 30.4 Å². The van der Waals surface area contributed by atoms with Crippen LogP contribution < -0.4 is 20.7 Å². The Balaban J connectivity index is 1.30. The van der Waals surface area contributed by atoms with E-state index < -0.39 is 5.60 Å². The second-order valence-corrected chi connectivity index (χ2v) is 14.0. The molecule has 2 amide bonds. The standard InChI is InChI=1S/C35H45ClN8O5/c1-18-16-39-25(20(3)28(18)48-8)17-44-30-27(29(36)41-34(37)42-30)23(32(44)46)15-24-19(2)26(21(4)40-24)31(45)38-11-14-43-12-9-22(10-13-43)33(47)49-35(5,6)7/h15-16,22,40H,9-14,17H2,1-8H3,(H,38,45)(H2,37,41,42)/b23-15-. The molecule has 3 aromatic heterocycles. The van der Waals surface area contributed by atoms with E-state index in [2.05, 4.69) is 30.2 Å². The number of anilines is 2. The first-order chi connectivity index (χ1) is 23.1. The van der Waals surface area contributed by atoms with Crippen molar-refractivity contribution in [2.75, 3.05) is 43.9 Å². The number of methoxy groups -OCH3 is 1. The van der Waals surface area contributed by atoms with Gasteiger partial charge in [-0.05, 0) is 86.0 Å². The lowest BCUT2D eigenvalue weighted by Gasteiger charge is -2.32. The quantitative estimate of drug-likeness (QED) is 0.164. The average Bonchev–Trinajstić information content (AvgIpc) is 3.45. The molecule has 0 unspecified atom stereocenters. The molecule has 49 heavy (non-hydrogen) atoms. The topological polar surface area (TPSA) is 169 Å². The molecule has 0 saturated carbocycles. The van der Waals surface area contributed by atoms with Gasteiger partial charge in [0.1, 0.15) is 16.5 Å². The van der Waals surface area contributed by atoms with Crippen molar-refractivity contribution >= 4 is 52.8 Å². The number of piperidine rings is 1. The van der Waals surface area contributed by atoms with Gasteiger partial charge in [0.15, 0.2) is 5.82 Å². The highest BCUT2D eigenvalue weighted by Crippen LogP contribution is 2.42. The summed E-state index contributed by atoms with van der Waals surface area (Å²) in [5, 5.41) is 3.08. The monoisotopic (exact) mass is 692 g/mol. The molecule has 5 rings (SSSR count). The number of amides is 2. The zero-order valence-corrected chi connectivity index (χ0v) is 30.2. The highest BCUT2D eigenvalue weighted by Gasteiger charge is 2.38. The molecule has 0 aromatic carbocycles. The Labute approximate surface area is 291 Å². The maximum atomic E-state index is 14.0. The smallest absolute Gasteiger partial charge is 0.309 e. The van der Waals surface area contributed by atoms with Crippen molar-refractivity contribution in [1.29, 1.82) is 0 Å². The Morgan fingerprint density at radius 3 is 2.49 bits per heavy atom. The number of carbonyl (C=O) groups excluding carboxylic acids is 3. The third-order valence-electron chi connectivity index (χ3n) is 8.95. The minimum atomic E-state index is -0.496. The molecular formula is C35H45ClN8O5. The number of H-pyrrole nitrogens is 1. The average molecular weight is 693 g/mol. The number of nitrogens with one attached hydrogen (secondary N) is 2. The maximum absolute atomic E-state index is 14.0. The van der Waals surface area contributed by atoms with Gasteiger partial charge in [-0.1, -0.05) is 11.6 Å². The van der Waals surface area contributed by atoms with Crippen molar-refractivity contribution in [2.24, 2.45) is 5.92 Å². The van der Waals surface area contributed by atoms with Crippen LogP contribution >= 0.6 is 11.6 Å². The number of nitrogens with two attached hydrogens (primary N) is 1. The third-order valence-corrected chi connectivity index (χ3v) is 9.23. The van der Waals surface area contributed by atoms with Crippen LogP contribution in [0.5, 0.6) is 5.75 Å². The highest BCUT2D eigenvalue weighted by atomic mass is 35.5. The summed E-state index contributed by atoms with van der Waals surface area (Å²) in [5.74, 6) is 0.0981. The number of aromatic amines is 1. The molecular weight excluding hydrogens is 648 g/mol. The lowest BCUT2D eigenvalue weighted by Crippen LogP contribution is -2.42. The number of rotatable bonds is 9. The van der Waals surface area contributed by atoms with Crippen LogP contribution in [0.1, 0.15) is 83.3 Å². The molecule has 1 saturated heterocycles. The molecule has 4 N–H and O–H groups in total. The Morgan fingerprint density at radius 1 is 1.14 bits per heavy atom. The minimum absolute atomic E-state index is 0.0461. The number of carbonyl (C=O) groups is 3. The van der Waals surface area contributed by atoms with E-state index in [1.54, 1.807) is 19.4 Å². The molecule has 0 aliphatic carbocycles. The highest BCUT2D eigenvalue weighted by molar-refractivity contribution is 6.41. The summed E-state index contributed by atoms with van der Waals surface area (Å²) in [4.78, 5) is 59.9. The van der Waals surface area contributed by atoms with E-state index in [4.69, 9.17) is 26.8 Å². The van der Waals surface area contributed by atoms with Crippen LogP contribution in [0, 0.1) is 33.6 Å². The maximum Gasteiger partial charge on any atom is 0.309 e. The fourth-order valence-electron chi connectivity index (χ4n) is 6.47. The van der Waals surface area contributed by atoms with E-state index in [-0.39, 0.29) is 52.7 Å². The Morgan fingerprint density at radius 2 is 1.84 bits per heavy atom. The van der Waals surface area contributed by atoms with E-state index in [9.17, 15) is 14.4 Å². The van der Waals surface area contributed by atoms with Crippen LogP contribution in [-0.2, 0) is 20.9 Å². The minimum Gasteiger partial charge on any atom is -0.496 e. The first-order valence-electron chi connectivity index (χ1n) is 16.4. The van der Waals surface area contributed by atoms with Crippen molar-refractivity contribution in [3.63, 3.8) is 0 Å². The number of hydrogen-bond donors (Lipinski definition) is 3. The Kier molecular flexibility index (Phi) is 10.3. The number of aryl methyl sites for hydroxylation is 2. The summed E-state index contributed by atoms with van der Waals surface area (Å²) in [6.07, 6.45) is 4.84. The third kappa shape index (κ3) is 7.57. The number of hydrogen-bond acceptors (Lipinski definition) is 10. The van der Waals surface area contributed by atoms with Crippen molar-refractivity contribution in [3.8, 4) is 5.75 Å². The predicted octanol–water partition coefficient (Wildman–Crippen LogP) is 4.55. The number of nitrogen functional groups attached to an aromatic ring is 1. The van der Waals surface area contributed by atoms with Gasteiger partial charge in [-0.15, -0.1) is 0 Å². The molecule has 0 radical (unpaired) electrons. The van der Waals surface area contributed by atoms with Gasteiger partial charge in [0.25, 0.3) is 11.8 Å². The zero-order chi connectivity index (χ0) is 35.8. The summed E-state index contributed by atoms with van der Waals surface area (Å²) in [7, 11) is 1.60. The molecule has 0 bridgehead atoms. The molecule has 0 spiro atoms. The molecule has 3 aromatic rings. The van der Waals surface area contributed by atoms with Crippen LogP contribution in [-0.4, -0.2) is 81.5 Å². The van der Waals surface area contributed by atoms with Gasteiger partial charge in [-0.3, -0.25) is 24.3 Å². The van der Waals surface area contributed by atoms with Crippen molar-refractivity contribution in [2.45, 2.75) is 73.5 Å². The second-order valence-electron chi connectivity index (χ2n) is 13.6.